The Kier molecular flexibility index (Phi) is 4.48. The van der Waals surface area contributed by atoms with Gasteiger partial charge in [0, 0.05) is 29.9 Å². The minimum Gasteiger partial charge on any atom is -0.496 e. The number of rotatable bonds is 3. The molecule has 1 aromatic rings. The molecule has 0 aromatic heterocycles. The Balaban J connectivity index is 2.12. The van der Waals surface area contributed by atoms with E-state index in [9.17, 15) is 0 Å². The average molecular weight is 248 g/mol. The highest BCUT2D eigenvalue weighted by molar-refractivity contribution is 5.48. The first-order valence-corrected chi connectivity index (χ1v) is 6.87. The molecule has 3 nitrogen and oxygen atoms in total. The van der Waals surface area contributed by atoms with Crippen molar-refractivity contribution >= 4 is 5.69 Å². The molecule has 0 saturated carbocycles. The molecule has 0 bridgehead atoms. The molecule has 100 valence electrons. The van der Waals surface area contributed by atoms with Crippen LogP contribution >= 0.6 is 0 Å². The van der Waals surface area contributed by atoms with Crippen molar-refractivity contribution < 1.29 is 4.74 Å². The average Bonchev–Trinajstić information content (AvgIpc) is 2.57. The molecule has 1 unspecified atom stereocenters. The Morgan fingerprint density at radius 2 is 2.17 bits per heavy atom. The maximum Gasteiger partial charge on any atom is 0.125 e. The Hall–Kier alpha value is -1.22. The maximum absolute atomic E-state index is 5.79. The number of nitrogen functional groups attached to an aromatic ring is 1. The summed E-state index contributed by atoms with van der Waals surface area (Å²) in [5.74, 6) is 0.909. The molecule has 0 radical (unpaired) electrons. The van der Waals surface area contributed by atoms with Crippen LogP contribution in [0.2, 0.25) is 0 Å². The number of nitrogens with two attached hydrogens (primary N) is 1. The molecule has 18 heavy (non-hydrogen) atoms. The van der Waals surface area contributed by atoms with Crippen molar-refractivity contribution in [3.8, 4) is 5.75 Å². The summed E-state index contributed by atoms with van der Waals surface area (Å²) in [4.78, 5) is 2.56. The van der Waals surface area contributed by atoms with Gasteiger partial charge in [-0.05, 0) is 32.4 Å². The molecule has 0 amide bonds. The van der Waals surface area contributed by atoms with Crippen LogP contribution in [0.25, 0.3) is 0 Å². The lowest BCUT2D eigenvalue weighted by Gasteiger charge is -2.27. The van der Waals surface area contributed by atoms with E-state index in [-0.39, 0.29) is 0 Å². The quantitative estimate of drug-likeness (QED) is 0.836. The second-order valence-corrected chi connectivity index (χ2v) is 5.24. The fourth-order valence-corrected chi connectivity index (χ4v) is 2.68. The number of likely N-dealkylation sites (tertiary alicyclic amines) is 1. The van der Waals surface area contributed by atoms with Crippen LogP contribution in [0.5, 0.6) is 5.75 Å². The van der Waals surface area contributed by atoms with Crippen LogP contribution in [-0.4, -0.2) is 24.6 Å². The number of anilines is 1. The SMILES string of the molecule is COc1cc(N)ccc1CN1CCCCCC1C. The Morgan fingerprint density at radius 3 is 2.94 bits per heavy atom. The Bertz CT molecular complexity index is 392. The number of methoxy groups -OCH3 is 1. The summed E-state index contributed by atoms with van der Waals surface area (Å²) in [6.07, 6.45) is 5.33. The van der Waals surface area contributed by atoms with Gasteiger partial charge in [0.25, 0.3) is 0 Å². The molecule has 1 heterocycles. The highest BCUT2D eigenvalue weighted by Crippen LogP contribution is 2.25. The number of benzene rings is 1. The predicted molar refractivity (Wildman–Crippen MR) is 75.7 cm³/mol. The smallest absolute Gasteiger partial charge is 0.125 e. The molecule has 0 spiro atoms. The Morgan fingerprint density at radius 1 is 1.33 bits per heavy atom. The van der Waals surface area contributed by atoms with Gasteiger partial charge in [-0.25, -0.2) is 0 Å². The number of nitrogens with zero attached hydrogens (tertiary/aromatic N) is 1. The third-order valence-electron chi connectivity index (χ3n) is 3.88. The van der Waals surface area contributed by atoms with E-state index in [0.29, 0.717) is 6.04 Å². The van der Waals surface area contributed by atoms with E-state index in [1.54, 1.807) is 7.11 Å². The number of hydrogen-bond acceptors (Lipinski definition) is 3. The minimum absolute atomic E-state index is 0.662. The van der Waals surface area contributed by atoms with Gasteiger partial charge in [0.2, 0.25) is 0 Å². The maximum atomic E-state index is 5.79. The van der Waals surface area contributed by atoms with Crippen molar-refractivity contribution in [3.05, 3.63) is 23.8 Å². The zero-order valence-electron chi connectivity index (χ0n) is 11.5. The second kappa shape index (κ2) is 6.10. The predicted octanol–water partition coefficient (Wildman–Crippen LogP) is 3.04. The molecule has 0 aliphatic carbocycles. The van der Waals surface area contributed by atoms with Gasteiger partial charge in [-0.15, -0.1) is 0 Å². The molecule has 1 aliphatic heterocycles. The van der Waals surface area contributed by atoms with Crippen LogP contribution in [0.15, 0.2) is 18.2 Å². The Labute approximate surface area is 110 Å². The first-order chi connectivity index (χ1) is 8.70. The van der Waals surface area contributed by atoms with Crippen LogP contribution in [0, 0.1) is 0 Å². The van der Waals surface area contributed by atoms with E-state index >= 15 is 0 Å². The van der Waals surface area contributed by atoms with Gasteiger partial charge in [0.1, 0.15) is 5.75 Å². The summed E-state index contributed by atoms with van der Waals surface area (Å²) in [7, 11) is 1.71. The fourth-order valence-electron chi connectivity index (χ4n) is 2.68. The van der Waals surface area contributed by atoms with Gasteiger partial charge >= 0.3 is 0 Å². The van der Waals surface area contributed by atoms with Gasteiger partial charge < -0.3 is 10.5 Å². The summed E-state index contributed by atoms with van der Waals surface area (Å²) < 4.78 is 5.43. The highest BCUT2D eigenvalue weighted by Gasteiger charge is 2.18. The van der Waals surface area contributed by atoms with Crippen LogP contribution < -0.4 is 10.5 Å². The van der Waals surface area contributed by atoms with Crippen LogP contribution in [0.1, 0.15) is 38.2 Å². The molecule has 1 aromatic carbocycles. The lowest BCUT2D eigenvalue weighted by Crippen LogP contribution is -2.32. The van der Waals surface area contributed by atoms with Gasteiger partial charge in [0.15, 0.2) is 0 Å². The van der Waals surface area contributed by atoms with E-state index in [2.05, 4.69) is 17.9 Å². The summed E-state index contributed by atoms with van der Waals surface area (Å²) in [6.45, 7) is 4.48. The molecule has 2 N–H and O–H groups in total. The molecule has 3 heteroatoms. The van der Waals surface area contributed by atoms with Gasteiger partial charge in [-0.2, -0.15) is 0 Å². The van der Waals surface area contributed by atoms with E-state index in [1.165, 1.54) is 37.8 Å². The van der Waals surface area contributed by atoms with E-state index < -0.39 is 0 Å². The molecule has 2 rings (SSSR count). The topological polar surface area (TPSA) is 38.5 Å². The third kappa shape index (κ3) is 3.16. The summed E-state index contributed by atoms with van der Waals surface area (Å²) >= 11 is 0. The van der Waals surface area contributed by atoms with Crippen molar-refractivity contribution in [1.29, 1.82) is 0 Å². The monoisotopic (exact) mass is 248 g/mol. The van der Waals surface area contributed by atoms with Gasteiger partial charge in [0.05, 0.1) is 7.11 Å². The lowest BCUT2D eigenvalue weighted by molar-refractivity contribution is 0.202. The normalized spacial score (nSPS) is 21.6. The fraction of sp³-hybridized carbons (Fsp3) is 0.600. The van der Waals surface area contributed by atoms with Crippen molar-refractivity contribution in [1.82, 2.24) is 4.90 Å². The van der Waals surface area contributed by atoms with Crippen LogP contribution in [0.4, 0.5) is 5.69 Å². The van der Waals surface area contributed by atoms with E-state index in [1.807, 2.05) is 12.1 Å². The standard InChI is InChI=1S/C15H24N2O/c1-12-6-4-3-5-9-17(12)11-13-7-8-14(16)10-15(13)18-2/h7-8,10,12H,3-6,9,11,16H2,1-2H3. The summed E-state index contributed by atoms with van der Waals surface area (Å²) in [6, 6.07) is 6.62. The molecule has 1 aliphatic rings. The first-order valence-electron chi connectivity index (χ1n) is 6.87. The molecule has 1 saturated heterocycles. The lowest BCUT2D eigenvalue weighted by atomic mass is 10.1. The zero-order chi connectivity index (χ0) is 13.0. The van der Waals surface area contributed by atoms with Crippen molar-refractivity contribution in [2.75, 3.05) is 19.4 Å². The van der Waals surface area contributed by atoms with Crippen molar-refractivity contribution in [2.24, 2.45) is 0 Å². The zero-order valence-corrected chi connectivity index (χ0v) is 11.5. The van der Waals surface area contributed by atoms with Gasteiger partial charge in [-0.3, -0.25) is 4.90 Å². The number of ether oxygens (including phenoxy) is 1. The van der Waals surface area contributed by atoms with Crippen LogP contribution in [-0.2, 0) is 6.54 Å². The molecule has 1 atom stereocenters. The molecular weight excluding hydrogens is 224 g/mol. The first kappa shape index (κ1) is 13.2. The highest BCUT2D eigenvalue weighted by atomic mass is 16.5. The van der Waals surface area contributed by atoms with E-state index in [4.69, 9.17) is 10.5 Å². The van der Waals surface area contributed by atoms with Gasteiger partial charge in [-0.1, -0.05) is 18.9 Å². The van der Waals surface area contributed by atoms with E-state index in [0.717, 1.165) is 18.0 Å². The largest absolute Gasteiger partial charge is 0.496 e. The van der Waals surface area contributed by atoms with Crippen molar-refractivity contribution in [3.63, 3.8) is 0 Å². The van der Waals surface area contributed by atoms with Crippen LogP contribution in [0.3, 0.4) is 0 Å². The second-order valence-electron chi connectivity index (χ2n) is 5.24. The molecule has 1 fully saturated rings. The minimum atomic E-state index is 0.662. The number of hydrogen-bond donors (Lipinski definition) is 1. The molecular formula is C15H24N2O. The third-order valence-corrected chi connectivity index (χ3v) is 3.88. The summed E-state index contributed by atoms with van der Waals surface area (Å²) in [5.41, 5.74) is 7.79. The van der Waals surface area contributed by atoms with Crippen molar-refractivity contribution in [2.45, 2.75) is 45.2 Å². The summed E-state index contributed by atoms with van der Waals surface area (Å²) in [5, 5.41) is 0.